The molecule has 1 heterocycles. The molecule has 0 aliphatic carbocycles. The second kappa shape index (κ2) is 8.43. The lowest BCUT2D eigenvalue weighted by Crippen LogP contribution is -2.47. The van der Waals surface area contributed by atoms with E-state index in [2.05, 4.69) is 83.7 Å². The fourth-order valence-corrected chi connectivity index (χ4v) is 3.30. The number of nitrogens with zero attached hydrogens (tertiary/aromatic N) is 2. The largest absolute Gasteiger partial charge is 0.305 e. The molecule has 1 N–H and O–H groups in total. The molecule has 0 radical (unpaired) electrons. The van der Waals surface area contributed by atoms with Crippen LogP contribution in [0.3, 0.4) is 0 Å². The highest BCUT2D eigenvalue weighted by atomic mass is 15.3. The predicted molar refractivity (Wildman–Crippen MR) is 101 cm³/mol. The van der Waals surface area contributed by atoms with Gasteiger partial charge in [-0.3, -0.25) is 4.90 Å². The van der Waals surface area contributed by atoms with Crippen molar-refractivity contribution in [2.45, 2.75) is 19.5 Å². The van der Waals surface area contributed by atoms with Gasteiger partial charge in [-0.25, -0.2) is 0 Å². The Hall–Kier alpha value is -1.68. The first kappa shape index (κ1) is 17.2. The Morgan fingerprint density at radius 1 is 0.917 bits per heavy atom. The van der Waals surface area contributed by atoms with E-state index in [0.29, 0.717) is 6.04 Å². The van der Waals surface area contributed by atoms with Gasteiger partial charge in [0, 0.05) is 45.3 Å². The Morgan fingerprint density at radius 3 is 2.29 bits per heavy atom. The van der Waals surface area contributed by atoms with Crippen LogP contribution in [-0.2, 0) is 6.54 Å². The number of hydrogen-bond donors (Lipinski definition) is 1. The van der Waals surface area contributed by atoms with Gasteiger partial charge in [0.25, 0.3) is 0 Å². The molecule has 0 unspecified atom stereocenters. The summed E-state index contributed by atoms with van der Waals surface area (Å²) < 4.78 is 0. The molecule has 2 aromatic carbocycles. The third-order valence-corrected chi connectivity index (χ3v) is 5.04. The van der Waals surface area contributed by atoms with Gasteiger partial charge in [-0.1, -0.05) is 54.6 Å². The van der Waals surface area contributed by atoms with Gasteiger partial charge in [-0.2, -0.15) is 0 Å². The molecule has 1 aliphatic rings. The van der Waals surface area contributed by atoms with Gasteiger partial charge in [0.2, 0.25) is 0 Å². The number of likely N-dealkylation sites (N-methyl/N-ethyl adjacent to an activating group) is 1. The van der Waals surface area contributed by atoms with E-state index in [4.69, 9.17) is 0 Å². The summed E-state index contributed by atoms with van der Waals surface area (Å²) >= 11 is 0. The van der Waals surface area contributed by atoms with Crippen LogP contribution in [0.2, 0.25) is 0 Å². The Kier molecular flexibility index (Phi) is 6.02. The fraction of sp³-hybridized carbons (Fsp3) is 0.429. The molecule has 0 amide bonds. The summed E-state index contributed by atoms with van der Waals surface area (Å²) in [6.45, 7) is 8.83. The average Bonchev–Trinajstić information content (AvgIpc) is 2.62. The van der Waals surface area contributed by atoms with Crippen LogP contribution in [0.4, 0.5) is 0 Å². The zero-order chi connectivity index (χ0) is 16.8. The summed E-state index contributed by atoms with van der Waals surface area (Å²) in [5.41, 5.74) is 4.12. The average molecular weight is 323 g/mol. The third-order valence-electron chi connectivity index (χ3n) is 5.04. The zero-order valence-corrected chi connectivity index (χ0v) is 14.9. The van der Waals surface area contributed by atoms with Crippen LogP contribution in [0.5, 0.6) is 0 Å². The first-order chi connectivity index (χ1) is 11.7. The van der Waals surface area contributed by atoms with Crippen LogP contribution in [-0.4, -0.2) is 49.6 Å². The maximum Gasteiger partial charge on any atom is 0.0451 e. The molecule has 0 bridgehead atoms. The number of benzene rings is 2. The monoisotopic (exact) mass is 323 g/mol. The lowest BCUT2D eigenvalue weighted by Gasteiger charge is -2.35. The number of piperazine rings is 1. The van der Waals surface area contributed by atoms with Gasteiger partial charge in [0.1, 0.15) is 0 Å². The van der Waals surface area contributed by atoms with Crippen LogP contribution >= 0.6 is 0 Å². The highest BCUT2D eigenvalue weighted by molar-refractivity contribution is 5.26. The summed E-state index contributed by atoms with van der Waals surface area (Å²) in [7, 11) is 2.21. The van der Waals surface area contributed by atoms with Crippen LogP contribution in [0.1, 0.15) is 22.7 Å². The molecule has 0 spiro atoms. The van der Waals surface area contributed by atoms with Gasteiger partial charge >= 0.3 is 0 Å². The van der Waals surface area contributed by atoms with E-state index in [1.807, 2.05) is 0 Å². The Bertz CT molecular complexity index is 618. The number of rotatable bonds is 6. The van der Waals surface area contributed by atoms with E-state index >= 15 is 0 Å². The van der Waals surface area contributed by atoms with Gasteiger partial charge in [0.05, 0.1) is 0 Å². The van der Waals surface area contributed by atoms with Crippen LogP contribution in [0, 0.1) is 6.92 Å². The van der Waals surface area contributed by atoms with Gasteiger partial charge in [0.15, 0.2) is 0 Å². The quantitative estimate of drug-likeness (QED) is 0.881. The fourth-order valence-electron chi connectivity index (χ4n) is 3.30. The lowest BCUT2D eigenvalue weighted by molar-refractivity contribution is 0.142. The van der Waals surface area contributed by atoms with Crippen LogP contribution in [0.25, 0.3) is 0 Å². The predicted octanol–water partition coefficient (Wildman–Crippen LogP) is 3.07. The Morgan fingerprint density at radius 2 is 1.58 bits per heavy atom. The van der Waals surface area contributed by atoms with Gasteiger partial charge in [-0.05, 0) is 30.7 Å². The lowest BCUT2D eigenvalue weighted by atomic mass is 10.0. The molecule has 1 saturated heterocycles. The summed E-state index contributed by atoms with van der Waals surface area (Å²) in [4.78, 5) is 5.00. The molecule has 0 aromatic heterocycles. The van der Waals surface area contributed by atoms with E-state index in [-0.39, 0.29) is 0 Å². The number of aryl methyl sites for hydroxylation is 1. The van der Waals surface area contributed by atoms with E-state index < -0.39 is 0 Å². The first-order valence-corrected chi connectivity index (χ1v) is 8.96. The van der Waals surface area contributed by atoms with E-state index in [1.54, 1.807) is 0 Å². The molecule has 1 aliphatic heterocycles. The highest BCUT2D eigenvalue weighted by Gasteiger charge is 2.19. The molecule has 128 valence electrons. The molecular formula is C21H29N3. The van der Waals surface area contributed by atoms with Crippen molar-refractivity contribution in [2.75, 3.05) is 39.8 Å². The van der Waals surface area contributed by atoms with E-state index in [0.717, 1.165) is 26.2 Å². The van der Waals surface area contributed by atoms with Crippen molar-refractivity contribution in [1.82, 2.24) is 15.1 Å². The van der Waals surface area contributed by atoms with Crippen molar-refractivity contribution >= 4 is 0 Å². The van der Waals surface area contributed by atoms with Gasteiger partial charge < -0.3 is 10.2 Å². The zero-order valence-electron chi connectivity index (χ0n) is 14.9. The van der Waals surface area contributed by atoms with Crippen LogP contribution in [0.15, 0.2) is 54.6 Å². The summed E-state index contributed by atoms with van der Waals surface area (Å²) in [6.07, 6.45) is 0. The number of hydrogen-bond acceptors (Lipinski definition) is 3. The van der Waals surface area contributed by atoms with Crippen molar-refractivity contribution in [3.05, 3.63) is 71.3 Å². The van der Waals surface area contributed by atoms with E-state index in [1.165, 1.54) is 29.8 Å². The molecule has 3 nitrogen and oxygen atoms in total. The molecule has 1 atom stereocenters. The van der Waals surface area contributed by atoms with Crippen LogP contribution < -0.4 is 5.32 Å². The molecule has 2 aromatic rings. The minimum absolute atomic E-state index is 0.370. The van der Waals surface area contributed by atoms with Crippen molar-refractivity contribution in [2.24, 2.45) is 0 Å². The SMILES string of the molecule is Cc1ccccc1CN[C@@H](CN1CCN(C)CC1)c1ccccc1. The maximum atomic E-state index is 3.80. The molecule has 0 saturated carbocycles. The molecule has 24 heavy (non-hydrogen) atoms. The summed E-state index contributed by atoms with van der Waals surface area (Å²) in [5.74, 6) is 0. The Balaban J connectivity index is 1.67. The topological polar surface area (TPSA) is 18.5 Å². The second-order valence-corrected chi connectivity index (χ2v) is 6.87. The van der Waals surface area contributed by atoms with Crippen molar-refractivity contribution < 1.29 is 0 Å². The molecule has 3 heteroatoms. The maximum absolute atomic E-state index is 3.80. The molecule has 1 fully saturated rings. The van der Waals surface area contributed by atoms with Crippen molar-refractivity contribution in [1.29, 1.82) is 0 Å². The second-order valence-electron chi connectivity index (χ2n) is 6.87. The summed E-state index contributed by atoms with van der Waals surface area (Å²) in [6, 6.07) is 19.9. The summed E-state index contributed by atoms with van der Waals surface area (Å²) in [5, 5.41) is 3.80. The van der Waals surface area contributed by atoms with Crippen molar-refractivity contribution in [3.63, 3.8) is 0 Å². The molecule has 3 rings (SSSR count). The highest BCUT2D eigenvalue weighted by Crippen LogP contribution is 2.17. The molecular weight excluding hydrogens is 294 g/mol. The third kappa shape index (κ3) is 4.67. The van der Waals surface area contributed by atoms with Gasteiger partial charge in [-0.15, -0.1) is 0 Å². The standard InChI is InChI=1S/C21H29N3/c1-18-8-6-7-11-20(18)16-22-21(19-9-4-3-5-10-19)17-24-14-12-23(2)13-15-24/h3-11,21-22H,12-17H2,1-2H3/t21-/m0/s1. The first-order valence-electron chi connectivity index (χ1n) is 8.96. The normalized spacial score (nSPS) is 17.8. The number of nitrogens with one attached hydrogen (secondary N) is 1. The van der Waals surface area contributed by atoms with Crippen molar-refractivity contribution in [3.8, 4) is 0 Å². The minimum Gasteiger partial charge on any atom is -0.305 e. The van der Waals surface area contributed by atoms with E-state index in [9.17, 15) is 0 Å². The smallest absolute Gasteiger partial charge is 0.0451 e. The minimum atomic E-state index is 0.370. The Labute approximate surface area is 146 Å².